The molecular weight excluding hydrogens is 182 g/mol. The van der Waals surface area contributed by atoms with Gasteiger partial charge in [-0.1, -0.05) is 19.8 Å². The highest BCUT2D eigenvalue weighted by Gasteiger charge is 2.13. The minimum Gasteiger partial charge on any atom is -0.314 e. The first-order valence-corrected chi connectivity index (χ1v) is 6.15. The normalized spacial score (nSPS) is 20.8. The Morgan fingerprint density at radius 2 is 2.08 bits per heavy atom. The number of hydrogen-bond acceptors (Lipinski definition) is 1. The largest absolute Gasteiger partial charge is 0.314 e. The third-order valence-electron chi connectivity index (χ3n) is 2.93. The Morgan fingerprint density at radius 3 is 2.69 bits per heavy atom. The van der Waals surface area contributed by atoms with Gasteiger partial charge in [-0.3, -0.25) is 0 Å². The maximum absolute atomic E-state index is 5.74. The maximum Gasteiger partial charge on any atom is 0.0249 e. The molecule has 1 N–H and O–H groups in total. The first-order chi connectivity index (χ1) is 6.33. The van der Waals surface area contributed by atoms with Crippen molar-refractivity contribution in [3.63, 3.8) is 0 Å². The van der Waals surface area contributed by atoms with Crippen molar-refractivity contribution in [3.8, 4) is 0 Å². The molecule has 0 heterocycles. The van der Waals surface area contributed by atoms with E-state index in [-0.39, 0.29) is 0 Å². The second kappa shape index (κ2) is 6.67. The zero-order valence-corrected chi connectivity index (χ0v) is 9.45. The van der Waals surface area contributed by atoms with Gasteiger partial charge in [0.2, 0.25) is 0 Å². The van der Waals surface area contributed by atoms with E-state index in [2.05, 4.69) is 12.2 Å². The summed E-state index contributed by atoms with van der Waals surface area (Å²) in [5.74, 6) is 1.50. The van der Waals surface area contributed by atoms with Crippen LogP contribution in [-0.2, 0) is 0 Å². The lowest BCUT2D eigenvalue weighted by molar-refractivity contribution is 0.478. The van der Waals surface area contributed by atoms with Crippen LogP contribution in [0.15, 0.2) is 0 Å². The zero-order valence-electron chi connectivity index (χ0n) is 8.69. The number of hydrogen-bond donors (Lipinski definition) is 1. The van der Waals surface area contributed by atoms with Crippen molar-refractivity contribution in [2.45, 2.75) is 51.5 Å². The fourth-order valence-electron chi connectivity index (χ4n) is 1.96. The van der Waals surface area contributed by atoms with Gasteiger partial charge in [-0.2, -0.15) is 0 Å². The van der Waals surface area contributed by atoms with Crippen LogP contribution in [0.25, 0.3) is 0 Å². The Morgan fingerprint density at radius 1 is 1.38 bits per heavy atom. The van der Waals surface area contributed by atoms with Crippen LogP contribution in [0, 0.1) is 5.92 Å². The molecule has 1 aliphatic carbocycles. The third kappa shape index (κ3) is 4.87. The van der Waals surface area contributed by atoms with Gasteiger partial charge in [0.15, 0.2) is 0 Å². The van der Waals surface area contributed by atoms with E-state index in [0.29, 0.717) is 5.92 Å². The molecule has 0 spiro atoms. The lowest BCUT2D eigenvalue weighted by atomic mass is 10.1. The molecule has 1 aliphatic rings. The minimum absolute atomic E-state index is 0.687. The van der Waals surface area contributed by atoms with Gasteiger partial charge in [-0.25, -0.2) is 0 Å². The van der Waals surface area contributed by atoms with Crippen LogP contribution < -0.4 is 5.32 Å². The quantitative estimate of drug-likeness (QED) is 0.517. The summed E-state index contributed by atoms with van der Waals surface area (Å²) in [7, 11) is 0. The Labute approximate surface area is 87.2 Å². The van der Waals surface area contributed by atoms with Crippen LogP contribution in [0.4, 0.5) is 0 Å². The van der Waals surface area contributed by atoms with Gasteiger partial charge in [0, 0.05) is 11.9 Å². The molecular formula is C11H22ClN. The molecule has 0 amide bonds. The average Bonchev–Trinajstić information content (AvgIpc) is 2.64. The van der Waals surface area contributed by atoms with Crippen LogP contribution in [0.2, 0.25) is 0 Å². The fourth-order valence-corrected chi connectivity index (χ4v) is 2.12. The van der Waals surface area contributed by atoms with Gasteiger partial charge in [-0.05, 0) is 38.1 Å². The summed E-state index contributed by atoms with van der Waals surface area (Å²) in [6.07, 6.45) is 8.19. The molecule has 0 bridgehead atoms. The van der Waals surface area contributed by atoms with Crippen molar-refractivity contribution in [1.82, 2.24) is 5.32 Å². The second-order valence-corrected chi connectivity index (χ2v) is 4.65. The Kier molecular flexibility index (Phi) is 5.81. The summed E-state index contributed by atoms with van der Waals surface area (Å²) in [6, 6.07) is 0.825. The lowest BCUT2D eigenvalue weighted by Gasteiger charge is -2.12. The van der Waals surface area contributed by atoms with Gasteiger partial charge in [0.05, 0.1) is 0 Å². The zero-order chi connectivity index (χ0) is 9.52. The van der Waals surface area contributed by atoms with Crippen molar-refractivity contribution in [2.75, 3.05) is 12.4 Å². The molecule has 0 aromatic carbocycles. The summed E-state index contributed by atoms with van der Waals surface area (Å²) in [5.41, 5.74) is 0. The number of nitrogens with one attached hydrogen (secondary N) is 1. The highest BCUT2D eigenvalue weighted by molar-refractivity contribution is 6.18. The Hall–Kier alpha value is 0.250. The van der Waals surface area contributed by atoms with E-state index in [1.165, 1.54) is 45.1 Å². The summed E-state index contributed by atoms with van der Waals surface area (Å²) in [6.45, 7) is 3.41. The first kappa shape index (κ1) is 11.3. The minimum atomic E-state index is 0.687. The molecule has 1 atom stereocenters. The van der Waals surface area contributed by atoms with Gasteiger partial charge < -0.3 is 5.32 Å². The van der Waals surface area contributed by atoms with Crippen molar-refractivity contribution in [2.24, 2.45) is 5.92 Å². The van der Waals surface area contributed by atoms with Crippen LogP contribution in [0.3, 0.4) is 0 Å². The predicted molar refractivity (Wildman–Crippen MR) is 59.4 cm³/mol. The van der Waals surface area contributed by atoms with Crippen molar-refractivity contribution < 1.29 is 0 Å². The molecule has 2 heteroatoms. The fraction of sp³-hybridized carbons (Fsp3) is 1.00. The van der Waals surface area contributed by atoms with Gasteiger partial charge in [0.25, 0.3) is 0 Å². The highest BCUT2D eigenvalue weighted by Crippen LogP contribution is 2.17. The molecule has 0 saturated heterocycles. The van der Waals surface area contributed by atoms with E-state index in [9.17, 15) is 0 Å². The second-order valence-electron chi connectivity index (χ2n) is 4.34. The first-order valence-electron chi connectivity index (χ1n) is 5.62. The predicted octanol–water partition coefficient (Wildman–Crippen LogP) is 3.17. The maximum atomic E-state index is 5.74. The Bertz CT molecular complexity index is 121. The van der Waals surface area contributed by atoms with Crippen molar-refractivity contribution in [1.29, 1.82) is 0 Å². The number of rotatable bonds is 6. The van der Waals surface area contributed by atoms with Crippen LogP contribution in [0.1, 0.15) is 45.4 Å². The van der Waals surface area contributed by atoms with Crippen LogP contribution in [-0.4, -0.2) is 18.5 Å². The molecule has 13 heavy (non-hydrogen) atoms. The molecule has 1 nitrogen and oxygen atoms in total. The monoisotopic (exact) mass is 203 g/mol. The summed E-state index contributed by atoms with van der Waals surface area (Å²) >= 11 is 5.74. The molecule has 0 radical (unpaired) electrons. The van der Waals surface area contributed by atoms with Gasteiger partial charge in [0.1, 0.15) is 0 Å². The van der Waals surface area contributed by atoms with E-state index >= 15 is 0 Å². The summed E-state index contributed by atoms with van der Waals surface area (Å²) in [4.78, 5) is 0. The molecule has 1 fully saturated rings. The van der Waals surface area contributed by atoms with E-state index in [0.717, 1.165) is 11.9 Å². The van der Waals surface area contributed by atoms with Crippen molar-refractivity contribution >= 4 is 11.6 Å². The molecule has 78 valence electrons. The van der Waals surface area contributed by atoms with Crippen molar-refractivity contribution in [3.05, 3.63) is 0 Å². The standard InChI is InChI=1S/C11H22ClN/c1-10(9-12)5-4-8-13-11-6-2-3-7-11/h10-11,13H,2-9H2,1H3. The molecule has 0 aromatic rings. The van der Waals surface area contributed by atoms with Gasteiger partial charge in [-0.15, -0.1) is 11.6 Å². The van der Waals surface area contributed by atoms with Gasteiger partial charge >= 0.3 is 0 Å². The molecule has 1 rings (SSSR count). The third-order valence-corrected chi connectivity index (χ3v) is 3.45. The topological polar surface area (TPSA) is 12.0 Å². The van der Waals surface area contributed by atoms with Crippen LogP contribution in [0.5, 0.6) is 0 Å². The molecule has 1 saturated carbocycles. The number of halogens is 1. The molecule has 0 aromatic heterocycles. The van der Waals surface area contributed by atoms with Crippen LogP contribution >= 0.6 is 11.6 Å². The highest BCUT2D eigenvalue weighted by atomic mass is 35.5. The van der Waals surface area contributed by atoms with E-state index < -0.39 is 0 Å². The number of alkyl halides is 1. The lowest BCUT2D eigenvalue weighted by Crippen LogP contribution is -2.27. The Balaban J connectivity index is 1.88. The van der Waals surface area contributed by atoms with E-state index in [4.69, 9.17) is 11.6 Å². The summed E-state index contributed by atoms with van der Waals surface area (Å²) < 4.78 is 0. The van der Waals surface area contributed by atoms with E-state index in [1.807, 2.05) is 0 Å². The smallest absolute Gasteiger partial charge is 0.0249 e. The SMILES string of the molecule is CC(CCl)CCCNC1CCCC1. The molecule has 1 unspecified atom stereocenters. The summed E-state index contributed by atoms with van der Waals surface area (Å²) in [5, 5.41) is 3.62. The van der Waals surface area contributed by atoms with E-state index in [1.54, 1.807) is 0 Å². The average molecular weight is 204 g/mol. The molecule has 0 aliphatic heterocycles.